The van der Waals surface area contributed by atoms with Crippen LogP contribution in [0.15, 0.2) is 64.2 Å². The van der Waals surface area contributed by atoms with E-state index in [4.69, 9.17) is 9.15 Å². The molecule has 0 spiro atoms. The number of rotatable bonds is 6. The molecule has 1 N–H and O–H groups in total. The normalized spacial score (nSPS) is 10.9. The van der Waals surface area contributed by atoms with Gasteiger partial charge in [0.1, 0.15) is 5.58 Å². The quantitative estimate of drug-likeness (QED) is 0.373. The van der Waals surface area contributed by atoms with E-state index in [1.807, 2.05) is 37.4 Å². The highest BCUT2D eigenvalue weighted by Gasteiger charge is 2.17. The zero-order chi connectivity index (χ0) is 21.1. The first kappa shape index (κ1) is 19.7. The summed E-state index contributed by atoms with van der Waals surface area (Å²) in [5.41, 5.74) is 1.47. The van der Waals surface area contributed by atoms with Crippen LogP contribution in [0.4, 0.5) is 5.69 Å². The van der Waals surface area contributed by atoms with E-state index in [-0.39, 0.29) is 11.7 Å². The lowest BCUT2D eigenvalue weighted by molar-refractivity contribution is -0.113. The van der Waals surface area contributed by atoms with E-state index < -0.39 is 5.97 Å². The lowest BCUT2D eigenvalue weighted by Gasteiger charge is -2.09. The molecule has 0 bridgehead atoms. The second kappa shape index (κ2) is 8.42. The van der Waals surface area contributed by atoms with Crippen molar-refractivity contribution in [2.24, 2.45) is 7.05 Å². The standard InChI is InChI=1S/C21H18N4O4S/c1-25-19(17-11-13-7-3-6-10-16(13)29-17)23-24-21(25)30-12-18(26)22-15-9-5-4-8-14(15)20(27)28-2/h3-11H,12H2,1-2H3,(H,22,26). The highest BCUT2D eigenvalue weighted by Crippen LogP contribution is 2.28. The van der Waals surface area contributed by atoms with Crippen LogP contribution >= 0.6 is 11.8 Å². The summed E-state index contributed by atoms with van der Waals surface area (Å²) in [5.74, 6) is 0.494. The Morgan fingerprint density at radius 3 is 2.70 bits per heavy atom. The number of carbonyl (C=O) groups is 2. The molecule has 8 nitrogen and oxygen atoms in total. The SMILES string of the molecule is COC(=O)c1ccccc1NC(=O)CSc1nnc(-c2cc3ccccc3o2)n1C. The fourth-order valence-corrected chi connectivity index (χ4v) is 3.65. The lowest BCUT2D eigenvalue weighted by atomic mass is 10.2. The molecule has 0 unspecified atom stereocenters. The van der Waals surface area contributed by atoms with Gasteiger partial charge in [-0.05, 0) is 24.3 Å². The Labute approximate surface area is 176 Å². The Bertz CT molecular complexity index is 1200. The Kier molecular flexibility index (Phi) is 5.53. The van der Waals surface area contributed by atoms with Gasteiger partial charge in [0, 0.05) is 12.4 Å². The molecule has 0 fully saturated rings. The van der Waals surface area contributed by atoms with Crippen molar-refractivity contribution < 1.29 is 18.7 Å². The number of hydrogen-bond acceptors (Lipinski definition) is 7. The van der Waals surface area contributed by atoms with Gasteiger partial charge < -0.3 is 19.0 Å². The number of aromatic nitrogens is 3. The van der Waals surface area contributed by atoms with Gasteiger partial charge in [0.25, 0.3) is 0 Å². The molecule has 1 amide bonds. The third kappa shape index (κ3) is 3.92. The maximum atomic E-state index is 12.4. The number of anilines is 1. The fourth-order valence-electron chi connectivity index (χ4n) is 2.94. The zero-order valence-corrected chi connectivity index (χ0v) is 17.1. The molecule has 0 aliphatic heterocycles. The van der Waals surface area contributed by atoms with E-state index in [9.17, 15) is 9.59 Å². The number of fused-ring (bicyclic) bond motifs is 1. The first-order valence-electron chi connectivity index (χ1n) is 9.05. The third-order valence-corrected chi connectivity index (χ3v) is 5.44. The van der Waals surface area contributed by atoms with Gasteiger partial charge in [-0.2, -0.15) is 0 Å². The maximum Gasteiger partial charge on any atom is 0.339 e. The minimum Gasteiger partial charge on any atom is -0.465 e. The molecule has 9 heteroatoms. The Balaban J connectivity index is 1.45. The Hall–Kier alpha value is -3.59. The van der Waals surface area contributed by atoms with Crippen molar-refractivity contribution in [1.82, 2.24) is 14.8 Å². The van der Waals surface area contributed by atoms with Crippen molar-refractivity contribution >= 4 is 40.3 Å². The molecule has 0 aliphatic carbocycles. The van der Waals surface area contributed by atoms with Gasteiger partial charge in [-0.15, -0.1) is 10.2 Å². The van der Waals surface area contributed by atoms with Crippen LogP contribution in [0.5, 0.6) is 0 Å². The number of benzene rings is 2. The highest BCUT2D eigenvalue weighted by molar-refractivity contribution is 7.99. The molecule has 152 valence electrons. The van der Waals surface area contributed by atoms with Crippen LogP contribution in [0.2, 0.25) is 0 Å². The van der Waals surface area contributed by atoms with Gasteiger partial charge in [-0.1, -0.05) is 42.1 Å². The summed E-state index contributed by atoms with van der Waals surface area (Å²) in [7, 11) is 3.11. The van der Waals surface area contributed by atoms with Gasteiger partial charge >= 0.3 is 5.97 Å². The number of methoxy groups -OCH3 is 1. The summed E-state index contributed by atoms with van der Waals surface area (Å²) in [4.78, 5) is 24.2. The highest BCUT2D eigenvalue weighted by atomic mass is 32.2. The number of hydrogen-bond donors (Lipinski definition) is 1. The largest absolute Gasteiger partial charge is 0.465 e. The number of carbonyl (C=O) groups excluding carboxylic acids is 2. The van der Waals surface area contributed by atoms with Crippen molar-refractivity contribution in [3.8, 4) is 11.6 Å². The van der Waals surface area contributed by atoms with Crippen molar-refractivity contribution in [2.45, 2.75) is 5.16 Å². The van der Waals surface area contributed by atoms with Crippen molar-refractivity contribution in [3.05, 3.63) is 60.2 Å². The van der Waals surface area contributed by atoms with E-state index in [1.54, 1.807) is 28.8 Å². The molecule has 0 radical (unpaired) electrons. The van der Waals surface area contributed by atoms with Crippen LogP contribution < -0.4 is 5.32 Å². The van der Waals surface area contributed by atoms with E-state index in [0.29, 0.717) is 28.0 Å². The van der Waals surface area contributed by atoms with Crippen LogP contribution in [0, 0.1) is 0 Å². The molecule has 2 aromatic carbocycles. The Morgan fingerprint density at radius 2 is 1.90 bits per heavy atom. The number of nitrogens with zero attached hydrogens (tertiary/aromatic N) is 3. The summed E-state index contributed by atoms with van der Waals surface area (Å²) in [6, 6.07) is 16.3. The molecule has 0 aliphatic rings. The molecule has 2 heterocycles. The second-order valence-electron chi connectivity index (χ2n) is 6.39. The first-order chi connectivity index (χ1) is 14.6. The average Bonchev–Trinajstić information content (AvgIpc) is 3.35. The minimum atomic E-state index is -0.512. The molecule has 0 atom stereocenters. The minimum absolute atomic E-state index is 0.0988. The van der Waals surface area contributed by atoms with Crippen LogP contribution in [0.3, 0.4) is 0 Å². The van der Waals surface area contributed by atoms with Crippen molar-refractivity contribution in [2.75, 3.05) is 18.2 Å². The fraction of sp³-hybridized carbons (Fsp3) is 0.143. The van der Waals surface area contributed by atoms with Crippen molar-refractivity contribution in [1.29, 1.82) is 0 Å². The number of para-hydroxylation sites is 2. The van der Waals surface area contributed by atoms with Crippen LogP contribution in [0.25, 0.3) is 22.6 Å². The summed E-state index contributed by atoms with van der Waals surface area (Å²) in [6.45, 7) is 0. The average molecular weight is 422 g/mol. The van der Waals surface area contributed by atoms with Gasteiger partial charge in [-0.25, -0.2) is 4.79 Å². The third-order valence-electron chi connectivity index (χ3n) is 4.42. The number of esters is 1. The van der Waals surface area contributed by atoms with E-state index >= 15 is 0 Å². The predicted molar refractivity (Wildman–Crippen MR) is 113 cm³/mol. The van der Waals surface area contributed by atoms with Crippen LogP contribution in [-0.2, 0) is 16.6 Å². The molecule has 0 saturated carbocycles. The summed E-state index contributed by atoms with van der Waals surface area (Å²) in [6.07, 6.45) is 0. The maximum absolute atomic E-state index is 12.4. The van der Waals surface area contributed by atoms with Gasteiger partial charge in [0.05, 0.1) is 24.1 Å². The topological polar surface area (TPSA) is 99.2 Å². The number of ether oxygens (including phenoxy) is 1. The van der Waals surface area contributed by atoms with Crippen molar-refractivity contribution in [3.63, 3.8) is 0 Å². The Morgan fingerprint density at radius 1 is 1.13 bits per heavy atom. The zero-order valence-electron chi connectivity index (χ0n) is 16.3. The van der Waals surface area contributed by atoms with Gasteiger partial charge in [0.15, 0.2) is 16.7 Å². The molecule has 0 saturated heterocycles. The summed E-state index contributed by atoms with van der Waals surface area (Å²) < 4.78 is 12.4. The second-order valence-corrected chi connectivity index (χ2v) is 7.33. The first-order valence-corrected chi connectivity index (χ1v) is 10.0. The number of furan rings is 1. The number of thioether (sulfide) groups is 1. The lowest BCUT2D eigenvalue weighted by Crippen LogP contribution is -2.17. The predicted octanol–water partition coefficient (Wildman–Crippen LogP) is 3.75. The van der Waals surface area contributed by atoms with E-state index in [2.05, 4.69) is 15.5 Å². The van der Waals surface area contributed by atoms with Crippen LogP contribution in [0.1, 0.15) is 10.4 Å². The summed E-state index contributed by atoms with van der Waals surface area (Å²) >= 11 is 1.24. The van der Waals surface area contributed by atoms with Gasteiger partial charge in [-0.3, -0.25) is 4.79 Å². The molecular formula is C21H18N4O4S. The monoisotopic (exact) mass is 422 g/mol. The molecule has 2 aromatic heterocycles. The van der Waals surface area contributed by atoms with Crippen LogP contribution in [-0.4, -0.2) is 39.5 Å². The summed E-state index contributed by atoms with van der Waals surface area (Å²) in [5, 5.41) is 12.6. The molecule has 30 heavy (non-hydrogen) atoms. The number of nitrogens with one attached hydrogen (secondary N) is 1. The van der Waals surface area contributed by atoms with E-state index in [0.717, 1.165) is 11.0 Å². The molecular weight excluding hydrogens is 404 g/mol. The smallest absolute Gasteiger partial charge is 0.339 e. The molecule has 4 aromatic rings. The molecule has 4 rings (SSSR count). The number of amides is 1. The van der Waals surface area contributed by atoms with Gasteiger partial charge in [0.2, 0.25) is 5.91 Å². The van der Waals surface area contributed by atoms with E-state index in [1.165, 1.54) is 18.9 Å².